The summed E-state index contributed by atoms with van der Waals surface area (Å²) >= 11 is 3.34. The van der Waals surface area contributed by atoms with Gasteiger partial charge in [-0.25, -0.2) is 8.42 Å². The zero-order chi connectivity index (χ0) is 13.9. The Morgan fingerprint density at radius 2 is 2.11 bits per heavy atom. The van der Waals surface area contributed by atoms with Gasteiger partial charge in [-0.3, -0.25) is 0 Å². The predicted molar refractivity (Wildman–Crippen MR) is 80.6 cm³/mol. The van der Waals surface area contributed by atoms with Crippen molar-refractivity contribution in [3.05, 3.63) is 28.7 Å². The lowest BCUT2D eigenvalue weighted by molar-refractivity contribution is 0.315. The number of halogens is 1. The molecule has 1 atom stereocenters. The van der Waals surface area contributed by atoms with Gasteiger partial charge in [-0.15, -0.1) is 0 Å². The molecule has 0 bridgehead atoms. The molecular formula is C14H20BrNO2S. The second-order valence-corrected chi connectivity index (χ2v) is 7.79. The first kappa shape index (κ1) is 15.0. The van der Waals surface area contributed by atoms with Crippen LogP contribution in [0.1, 0.15) is 39.0 Å². The molecule has 1 fully saturated rings. The molecule has 1 aromatic carbocycles. The maximum atomic E-state index is 12.8. The molecule has 19 heavy (non-hydrogen) atoms. The van der Waals surface area contributed by atoms with Gasteiger partial charge in [0.1, 0.15) is 0 Å². The highest BCUT2D eigenvalue weighted by Gasteiger charge is 2.31. The normalized spacial score (nSPS) is 22.1. The maximum absolute atomic E-state index is 12.8. The van der Waals surface area contributed by atoms with Crippen molar-refractivity contribution in [1.82, 2.24) is 4.31 Å². The highest BCUT2D eigenvalue weighted by molar-refractivity contribution is 9.10. The second-order valence-electron chi connectivity index (χ2n) is 4.98. The minimum Gasteiger partial charge on any atom is -0.207 e. The molecule has 0 saturated carbocycles. The van der Waals surface area contributed by atoms with Crippen molar-refractivity contribution >= 4 is 26.0 Å². The van der Waals surface area contributed by atoms with E-state index in [1.165, 1.54) is 0 Å². The largest absolute Gasteiger partial charge is 0.243 e. The van der Waals surface area contributed by atoms with Crippen LogP contribution in [-0.4, -0.2) is 25.3 Å². The Hall–Kier alpha value is -0.390. The van der Waals surface area contributed by atoms with Gasteiger partial charge in [0.2, 0.25) is 10.0 Å². The van der Waals surface area contributed by atoms with E-state index in [0.29, 0.717) is 11.4 Å². The lowest BCUT2D eigenvalue weighted by Gasteiger charge is -2.28. The van der Waals surface area contributed by atoms with Crippen LogP contribution in [0.4, 0.5) is 0 Å². The fourth-order valence-corrected chi connectivity index (χ4v) is 5.00. The first-order chi connectivity index (χ1) is 9.05. The zero-order valence-electron chi connectivity index (χ0n) is 11.2. The second kappa shape index (κ2) is 6.37. The highest BCUT2D eigenvalue weighted by Crippen LogP contribution is 2.27. The average Bonchev–Trinajstić information content (AvgIpc) is 2.64. The summed E-state index contributed by atoms with van der Waals surface area (Å²) in [6.07, 6.45) is 5.07. The quantitative estimate of drug-likeness (QED) is 0.835. The Balaban J connectivity index is 2.36. The van der Waals surface area contributed by atoms with Crippen molar-refractivity contribution in [3.63, 3.8) is 0 Å². The molecular weight excluding hydrogens is 326 g/mol. The fraction of sp³-hybridized carbons (Fsp3) is 0.571. The number of rotatable bonds is 3. The van der Waals surface area contributed by atoms with Crippen LogP contribution < -0.4 is 0 Å². The molecule has 0 aliphatic carbocycles. The summed E-state index contributed by atoms with van der Waals surface area (Å²) in [5.41, 5.74) is 0. The van der Waals surface area contributed by atoms with E-state index >= 15 is 0 Å². The summed E-state index contributed by atoms with van der Waals surface area (Å²) in [4.78, 5) is 0.391. The molecule has 1 aromatic rings. The maximum Gasteiger partial charge on any atom is 0.243 e. The smallest absolute Gasteiger partial charge is 0.207 e. The topological polar surface area (TPSA) is 37.4 Å². The molecule has 0 N–H and O–H groups in total. The average molecular weight is 346 g/mol. The van der Waals surface area contributed by atoms with Crippen LogP contribution in [0.2, 0.25) is 0 Å². The van der Waals surface area contributed by atoms with Crippen molar-refractivity contribution < 1.29 is 8.42 Å². The summed E-state index contributed by atoms with van der Waals surface area (Å²) in [6, 6.07) is 7.13. The summed E-state index contributed by atoms with van der Waals surface area (Å²) < 4.78 is 28.0. The number of benzene rings is 1. The van der Waals surface area contributed by atoms with E-state index in [4.69, 9.17) is 0 Å². The number of sulfonamides is 1. The van der Waals surface area contributed by atoms with E-state index < -0.39 is 10.0 Å². The molecule has 1 aliphatic rings. The number of hydrogen-bond donors (Lipinski definition) is 0. The van der Waals surface area contributed by atoms with Gasteiger partial charge in [-0.1, -0.05) is 41.8 Å². The minimum absolute atomic E-state index is 0.145. The molecule has 1 unspecified atom stereocenters. The molecule has 1 heterocycles. The van der Waals surface area contributed by atoms with Gasteiger partial charge in [0.05, 0.1) is 4.90 Å². The van der Waals surface area contributed by atoms with Crippen LogP contribution >= 0.6 is 15.9 Å². The zero-order valence-corrected chi connectivity index (χ0v) is 13.6. The van der Waals surface area contributed by atoms with Gasteiger partial charge in [0.25, 0.3) is 0 Å². The van der Waals surface area contributed by atoms with Crippen LogP contribution in [0.5, 0.6) is 0 Å². The molecule has 0 radical (unpaired) electrons. The van der Waals surface area contributed by atoms with Gasteiger partial charge in [0, 0.05) is 17.1 Å². The highest BCUT2D eigenvalue weighted by atomic mass is 79.9. The standard InChI is InChI=1S/C14H20BrNO2S/c1-2-13-8-4-3-5-10-16(13)19(17,18)14-9-6-7-12(15)11-14/h6-7,9,11,13H,2-5,8,10H2,1H3. The van der Waals surface area contributed by atoms with Crippen molar-refractivity contribution in [2.45, 2.75) is 50.0 Å². The first-order valence-corrected chi connectivity index (χ1v) is 9.06. The summed E-state index contributed by atoms with van der Waals surface area (Å²) in [5.74, 6) is 0. The predicted octanol–water partition coefficient (Wildman–Crippen LogP) is 3.79. The molecule has 2 rings (SSSR count). The van der Waals surface area contributed by atoms with E-state index in [-0.39, 0.29) is 6.04 Å². The Morgan fingerprint density at radius 1 is 1.32 bits per heavy atom. The fourth-order valence-electron chi connectivity index (χ4n) is 2.64. The van der Waals surface area contributed by atoms with Crippen LogP contribution in [0.3, 0.4) is 0 Å². The molecule has 0 spiro atoms. The van der Waals surface area contributed by atoms with Crippen molar-refractivity contribution in [3.8, 4) is 0 Å². The minimum atomic E-state index is -3.37. The van der Waals surface area contributed by atoms with Crippen LogP contribution in [0.25, 0.3) is 0 Å². The third kappa shape index (κ3) is 3.38. The van der Waals surface area contributed by atoms with E-state index in [9.17, 15) is 8.42 Å². The number of nitrogens with zero attached hydrogens (tertiary/aromatic N) is 1. The lowest BCUT2D eigenvalue weighted by atomic mass is 10.1. The van der Waals surface area contributed by atoms with Crippen LogP contribution in [0, 0.1) is 0 Å². The lowest BCUT2D eigenvalue weighted by Crippen LogP contribution is -2.39. The Kier molecular flexibility index (Phi) is 5.03. The van der Waals surface area contributed by atoms with Crippen LogP contribution in [-0.2, 0) is 10.0 Å². The van der Waals surface area contributed by atoms with Gasteiger partial charge < -0.3 is 0 Å². The van der Waals surface area contributed by atoms with E-state index in [1.54, 1.807) is 22.5 Å². The molecule has 0 amide bonds. The van der Waals surface area contributed by atoms with E-state index in [1.807, 2.05) is 6.07 Å². The molecule has 106 valence electrons. The van der Waals surface area contributed by atoms with Crippen molar-refractivity contribution in [2.75, 3.05) is 6.54 Å². The van der Waals surface area contributed by atoms with Gasteiger partial charge in [0.15, 0.2) is 0 Å². The monoisotopic (exact) mass is 345 g/mol. The molecule has 1 aliphatic heterocycles. The summed E-state index contributed by atoms with van der Waals surface area (Å²) in [6.45, 7) is 2.72. The molecule has 0 aromatic heterocycles. The third-order valence-corrected chi connectivity index (χ3v) is 6.14. The number of hydrogen-bond acceptors (Lipinski definition) is 2. The summed E-state index contributed by atoms with van der Waals surface area (Å²) in [7, 11) is -3.37. The van der Waals surface area contributed by atoms with Crippen molar-refractivity contribution in [2.24, 2.45) is 0 Å². The first-order valence-electron chi connectivity index (χ1n) is 6.83. The van der Waals surface area contributed by atoms with E-state index in [2.05, 4.69) is 22.9 Å². The van der Waals surface area contributed by atoms with Gasteiger partial charge in [-0.05, 0) is 37.5 Å². The summed E-state index contributed by atoms with van der Waals surface area (Å²) in [5, 5.41) is 0. The van der Waals surface area contributed by atoms with Gasteiger partial charge in [-0.2, -0.15) is 4.31 Å². The molecule has 1 saturated heterocycles. The Morgan fingerprint density at radius 3 is 2.79 bits per heavy atom. The third-order valence-electron chi connectivity index (χ3n) is 3.70. The van der Waals surface area contributed by atoms with Gasteiger partial charge >= 0.3 is 0 Å². The van der Waals surface area contributed by atoms with E-state index in [0.717, 1.165) is 36.6 Å². The SMILES string of the molecule is CCC1CCCCCN1S(=O)(=O)c1cccc(Br)c1. The Labute approximate surface area is 124 Å². The molecule has 3 nitrogen and oxygen atoms in total. The van der Waals surface area contributed by atoms with Crippen molar-refractivity contribution in [1.29, 1.82) is 0 Å². The van der Waals surface area contributed by atoms with Crippen LogP contribution in [0.15, 0.2) is 33.6 Å². The molecule has 5 heteroatoms. The Bertz CT molecular complexity index is 530.